The van der Waals surface area contributed by atoms with Gasteiger partial charge in [0.05, 0.1) is 32.3 Å². The van der Waals surface area contributed by atoms with Gasteiger partial charge in [-0.1, -0.05) is 18.2 Å². The van der Waals surface area contributed by atoms with Crippen LogP contribution in [0.25, 0.3) is 0 Å². The summed E-state index contributed by atoms with van der Waals surface area (Å²) in [7, 11) is 0. The number of quaternary nitrogens is 1. The number of carboxylic acid groups (broad SMARTS) is 1. The largest absolute Gasteiger partial charge is 0.546 e. The fourth-order valence-electron chi connectivity index (χ4n) is 1.24. The number of benzene rings is 1. The number of aliphatic carboxylic acids is 1. The van der Waals surface area contributed by atoms with Crippen molar-refractivity contribution < 1.29 is 24.7 Å². The molecule has 0 spiro atoms. The Morgan fingerprint density at radius 2 is 1.94 bits per heavy atom. The minimum absolute atomic E-state index is 0.399. The summed E-state index contributed by atoms with van der Waals surface area (Å²) >= 11 is 0. The van der Waals surface area contributed by atoms with E-state index in [0.717, 1.165) is 26.3 Å². The van der Waals surface area contributed by atoms with E-state index < -0.39 is 12.6 Å². The molecule has 0 radical (unpaired) electrons. The number of hydrogen-bond acceptors (Lipinski definition) is 4. The predicted molar refractivity (Wildman–Crippen MR) is 59.4 cm³/mol. The number of carbonyl (C=O) groups is 1. The lowest BCUT2D eigenvalue weighted by Gasteiger charge is -2.07. The molecule has 1 heterocycles. The quantitative estimate of drug-likeness (QED) is 0.689. The number of rotatable bonds is 3. The van der Waals surface area contributed by atoms with E-state index in [9.17, 15) is 9.90 Å². The van der Waals surface area contributed by atoms with E-state index in [1.54, 1.807) is 24.3 Å². The van der Waals surface area contributed by atoms with Crippen LogP contribution in [0.1, 0.15) is 0 Å². The Balaban J connectivity index is 0.000000202. The van der Waals surface area contributed by atoms with Crippen molar-refractivity contribution in [3.05, 3.63) is 30.3 Å². The first-order chi connectivity index (χ1) is 8.29. The van der Waals surface area contributed by atoms with Crippen molar-refractivity contribution in [2.75, 3.05) is 32.9 Å². The van der Waals surface area contributed by atoms with Crippen LogP contribution >= 0.6 is 0 Å². The summed E-state index contributed by atoms with van der Waals surface area (Å²) in [5.74, 6) is -0.675. The van der Waals surface area contributed by atoms with Crippen molar-refractivity contribution in [3.8, 4) is 5.75 Å². The smallest absolute Gasteiger partial charge is 0.128 e. The molecule has 1 aliphatic rings. The molecule has 5 heteroatoms. The van der Waals surface area contributed by atoms with E-state index in [1.807, 2.05) is 6.07 Å². The van der Waals surface area contributed by atoms with E-state index in [1.165, 1.54) is 0 Å². The molecule has 1 fully saturated rings. The zero-order valence-electron chi connectivity index (χ0n) is 9.63. The standard InChI is InChI=1S/C8H8O3.C4H9NO/c9-8(10)6-11-7-4-2-1-3-5-7;1-3-6-4-2-5-1/h1-5H,6H2,(H,9,10);5H,1-4H2. The van der Waals surface area contributed by atoms with Gasteiger partial charge in [0.2, 0.25) is 0 Å². The minimum Gasteiger partial charge on any atom is -0.546 e. The topological polar surface area (TPSA) is 75.2 Å². The number of morpholine rings is 1. The average Bonchev–Trinajstić information content (AvgIpc) is 2.40. The lowest BCUT2D eigenvalue weighted by molar-refractivity contribution is -0.670. The highest BCUT2D eigenvalue weighted by Crippen LogP contribution is 2.07. The molecule has 94 valence electrons. The Morgan fingerprint density at radius 3 is 2.35 bits per heavy atom. The molecule has 5 nitrogen and oxygen atoms in total. The van der Waals surface area contributed by atoms with Gasteiger partial charge in [0.1, 0.15) is 12.4 Å². The van der Waals surface area contributed by atoms with Crippen molar-refractivity contribution in [1.82, 2.24) is 0 Å². The number of carbonyl (C=O) groups excluding carboxylic acids is 1. The van der Waals surface area contributed by atoms with E-state index in [4.69, 9.17) is 9.47 Å². The summed E-state index contributed by atoms with van der Waals surface area (Å²) in [6, 6.07) is 8.73. The second-order valence-electron chi connectivity index (χ2n) is 3.45. The average molecular weight is 239 g/mol. The van der Waals surface area contributed by atoms with Crippen molar-refractivity contribution >= 4 is 5.97 Å². The maximum absolute atomic E-state index is 9.94. The lowest BCUT2D eigenvalue weighted by Crippen LogP contribution is -2.87. The van der Waals surface area contributed by atoms with Crippen LogP contribution in [0.4, 0.5) is 0 Å². The maximum Gasteiger partial charge on any atom is 0.128 e. The van der Waals surface area contributed by atoms with Gasteiger partial charge in [0.15, 0.2) is 0 Å². The van der Waals surface area contributed by atoms with Crippen molar-refractivity contribution in [2.24, 2.45) is 0 Å². The first-order valence-electron chi connectivity index (χ1n) is 5.56. The van der Waals surface area contributed by atoms with Crippen LogP contribution in [0.2, 0.25) is 0 Å². The third-order valence-corrected chi connectivity index (χ3v) is 2.03. The fraction of sp³-hybridized carbons (Fsp3) is 0.417. The van der Waals surface area contributed by atoms with E-state index >= 15 is 0 Å². The third-order valence-electron chi connectivity index (χ3n) is 2.03. The molecule has 1 aliphatic heterocycles. The zero-order valence-corrected chi connectivity index (χ0v) is 9.63. The summed E-state index contributed by atoms with van der Waals surface area (Å²) < 4.78 is 9.84. The predicted octanol–water partition coefficient (Wildman–Crippen LogP) is -1.60. The second-order valence-corrected chi connectivity index (χ2v) is 3.45. The maximum atomic E-state index is 9.94. The van der Waals surface area contributed by atoms with Crippen molar-refractivity contribution in [1.29, 1.82) is 0 Å². The molecule has 1 aromatic rings. The first-order valence-corrected chi connectivity index (χ1v) is 5.56. The van der Waals surface area contributed by atoms with Crippen LogP contribution in [-0.2, 0) is 9.53 Å². The van der Waals surface area contributed by atoms with Crippen molar-refractivity contribution in [3.63, 3.8) is 0 Å². The molecule has 17 heavy (non-hydrogen) atoms. The molecule has 0 atom stereocenters. The van der Waals surface area contributed by atoms with Crippen LogP contribution in [-0.4, -0.2) is 38.9 Å². The first kappa shape index (κ1) is 13.5. The van der Waals surface area contributed by atoms with E-state index in [0.29, 0.717) is 5.75 Å². The molecule has 0 amide bonds. The number of hydrogen-bond donors (Lipinski definition) is 1. The van der Waals surface area contributed by atoms with Gasteiger partial charge in [-0.05, 0) is 12.1 Å². The zero-order chi connectivity index (χ0) is 12.3. The normalized spacial score (nSPS) is 14.4. The molecular weight excluding hydrogens is 222 g/mol. The number of ether oxygens (including phenoxy) is 2. The third kappa shape index (κ3) is 7.32. The van der Waals surface area contributed by atoms with Crippen LogP contribution in [0.5, 0.6) is 5.75 Å². The number of carboxylic acids is 1. The molecule has 2 N–H and O–H groups in total. The summed E-state index contributed by atoms with van der Waals surface area (Å²) in [4.78, 5) is 9.94. The summed E-state index contributed by atoms with van der Waals surface area (Å²) in [5.41, 5.74) is 0. The van der Waals surface area contributed by atoms with E-state index in [-0.39, 0.29) is 0 Å². The van der Waals surface area contributed by atoms with Gasteiger partial charge >= 0.3 is 0 Å². The molecule has 0 aliphatic carbocycles. The molecule has 0 aromatic heterocycles. The molecule has 0 saturated carbocycles. The van der Waals surface area contributed by atoms with Crippen LogP contribution in [0, 0.1) is 0 Å². The Morgan fingerprint density at radius 1 is 1.29 bits per heavy atom. The second kappa shape index (κ2) is 8.55. The number of nitrogens with two attached hydrogens (primary N) is 1. The molecule has 1 saturated heterocycles. The van der Waals surface area contributed by atoms with Gasteiger partial charge in [-0.25, -0.2) is 0 Å². The Bertz CT molecular complexity index is 300. The molecule has 2 rings (SSSR count). The van der Waals surface area contributed by atoms with Gasteiger partial charge in [0, 0.05) is 0 Å². The summed E-state index contributed by atoms with van der Waals surface area (Å²) in [6.45, 7) is 3.80. The molecule has 0 unspecified atom stereocenters. The molecular formula is C12H17NO4. The van der Waals surface area contributed by atoms with Gasteiger partial charge in [0.25, 0.3) is 0 Å². The molecule has 0 bridgehead atoms. The van der Waals surface area contributed by atoms with Gasteiger partial charge in [-0.15, -0.1) is 0 Å². The lowest BCUT2D eigenvalue weighted by atomic mass is 10.3. The van der Waals surface area contributed by atoms with Crippen LogP contribution < -0.4 is 15.2 Å². The summed E-state index contributed by atoms with van der Waals surface area (Å²) in [5, 5.41) is 12.2. The Kier molecular flexibility index (Phi) is 6.78. The highest BCUT2D eigenvalue weighted by Gasteiger charge is 1.96. The van der Waals surface area contributed by atoms with Crippen LogP contribution in [0.3, 0.4) is 0 Å². The SMILES string of the molecule is C1COCC[NH2+]1.O=C([O-])COc1ccccc1. The fourth-order valence-corrected chi connectivity index (χ4v) is 1.24. The highest BCUT2D eigenvalue weighted by atomic mass is 16.5. The Labute approximate surface area is 100 Å². The van der Waals surface area contributed by atoms with Gasteiger partial charge in [-0.2, -0.15) is 0 Å². The van der Waals surface area contributed by atoms with Crippen molar-refractivity contribution in [2.45, 2.75) is 0 Å². The van der Waals surface area contributed by atoms with E-state index in [2.05, 4.69) is 5.32 Å². The van der Waals surface area contributed by atoms with Crippen LogP contribution in [0.15, 0.2) is 30.3 Å². The molecule has 1 aromatic carbocycles. The van der Waals surface area contributed by atoms with Gasteiger partial charge in [-0.3, -0.25) is 0 Å². The monoisotopic (exact) mass is 239 g/mol. The number of para-hydroxylation sites is 1. The highest BCUT2D eigenvalue weighted by molar-refractivity contribution is 5.66. The summed E-state index contributed by atoms with van der Waals surface area (Å²) in [6.07, 6.45) is 0. The van der Waals surface area contributed by atoms with Gasteiger partial charge < -0.3 is 24.7 Å². The minimum atomic E-state index is -1.21. The Hall–Kier alpha value is -1.59.